The summed E-state index contributed by atoms with van der Waals surface area (Å²) >= 11 is 0. The predicted molar refractivity (Wildman–Crippen MR) is 65.8 cm³/mol. The standard InChI is InChI=1S/C11H9F2N3O2S/c12-7-1-3-10(9(14)5-7)19(17,18)16-8-2-4-11(13)15-6-8/h1-6,16H,14H2. The smallest absolute Gasteiger partial charge is 0.263 e. The Morgan fingerprint density at radius 3 is 2.47 bits per heavy atom. The van der Waals surface area contributed by atoms with Gasteiger partial charge in [-0.2, -0.15) is 4.39 Å². The maximum absolute atomic E-state index is 12.9. The molecule has 0 saturated carbocycles. The number of hydrogen-bond donors (Lipinski definition) is 2. The summed E-state index contributed by atoms with van der Waals surface area (Å²) < 4.78 is 51.6. The largest absolute Gasteiger partial charge is 0.398 e. The molecule has 0 bridgehead atoms. The van der Waals surface area contributed by atoms with Gasteiger partial charge in [0.1, 0.15) is 10.7 Å². The predicted octanol–water partition coefficient (Wildman–Crippen LogP) is 1.74. The van der Waals surface area contributed by atoms with Crippen LogP contribution in [0.15, 0.2) is 41.4 Å². The zero-order valence-corrected chi connectivity index (χ0v) is 10.3. The minimum absolute atomic E-state index is 0.0742. The monoisotopic (exact) mass is 285 g/mol. The van der Waals surface area contributed by atoms with E-state index in [0.717, 1.165) is 30.5 Å². The average Bonchev–Trinajstić information content (AvgIpc) is 2.31. The Balaban J connectivity index is 2.35. The van der Waals surface area contributed by atoms with Crippen molar-refractivity contribution in [2.24, 2.45) is 0 Å². The Morgan fingerprint density at radius 2 is 1.89 bits per heavy atom. The van der Waals surface area contributed by atoms with Crippen LogP contribution in [0.5, 0.6) is 0 Å². The van der Waals surface area contributed by atoms with Crippen LogP contribution >= 0.6 is 0 Å². The van der Waals surface area contributed by atoms with E-state index in [2.05, 4.69) is 9.71 Å². The molecule has 0 aliphatic rings. The van der Waals surface area contributed by atoms with Crippen molar-refractivity contribution in [3.05, 3.63) is 48.3 Å². The molecule has 5 nitrogen and oxygen atoms in total. The van der Waals surface area contributed by atoms with Crippen molar-refractivity contribution in [1.82, 2.24) is 4.98 Å². The molecule has 100 valence electrons. The van der Waals surface area contributed by atoms with E-state index in [-0.39, 0.29) is 16.3 Å². The Morgan fingerprint density at radius 1 is 1.16 bits per heavy atom. The molecule has 3 N–H and O–H groups in total. The summed E-state index contributed by atoms with van der Waals surface area (Å²) in [5, 5.41) is 0. The summed E-state index contributed by atoms with van der Waals surface area (Å²) in [5.41, 5.74) is 5.30. The van der Waals surface area contributed by atoms with Crippen molar-refractivity contribution in [2.75, 3.05) is 10.5 Å². The molecule has 19 heavy (non-hydrogen) atoms. The Kier molecular flexibility index (Phi) is 3.34. The van der Waals surface area contributed by atoms with Crippen molar-refractivity contribution >= 4 is 21.4 Å². The molecule has 1 heterocycles. The number of halogens is 2. The van der Waals surface area contributed by atoms with E-state index in [4.69, 9.17) is 5.73 Å². The highest BCUT2D eigenvalue weighted by Gasteiger charge is 2.18. The molecular formula is C11H9F2N3O2S. The third kappa shape index (κ3) is 2.97. The van der Waals surface area contributed by atoms with Gasteiger partial charge in [-0.15, -0.1) is 0 Å². The lowest BCUT2D eigenvalue weighted by Gasteiger charge is -2.09. The van der Waals surface area contributed by atoms with E-state index in [1.807, 2.05) is 0 Å². The average molecular weight is 285 g/mol. The maximum atomic E-state index is 12.9. The Bertz CT molecular complexity index is 702. The van der Waals surface area contributed by atoms with Gasteiger partial charge < -0.3 is 5.73 Å². The zero-order valence-electron chi connectivity index (χ0n) is 9.47. The third-order valence-corrected chi connectivity index (χ3v) is 3.70. The summed E-state index contributed by atoms with van der Waals surface area (Å²) in [6.45, 7) is 0. The third-order valence-electron chi connectivity index (χ3n) is 2.24. The van der Waals surface area contributed by atoms with E-state index in [9.17, 15) is 17.2 Å². The fraction of sp³-hybridized carbons (Fsp3) is 0. The van der Waals surface area contributed by atoms with Crippen LogP contribution in [0.1, 0.15) is 0 Å². The van der Waals surface area contributed by atoms with Gasteiger partial charge in [-0.05, 0) is 30.3 Å². The first-order chi connectivity index (χ1) is 8.88. The lowest BCUT2D eigenvalue weighted by molar-refractivity contribution is 0.583. The molecule has 0 amide bonds. The van der Waals surface area contributed by atoms with Crippen LogP contribution in [0.25, 0.3) is 0 Å². The summed E-state index contributed by atoms with van der Waals surface area (Å²) in [7, 11) is -3.98. The van der Waals surface area contributed by atoms with Gasteiger partial charge in [-0.25, -0.2) is 17.8 Å². The Hall–Kier alpha value is -2.22. The first kappa shape index (κ1) is 13.2. The number of nitrogens with zero attached hydrogens (tertiary/aromatic N) is 1. The van der Waals surface area contributed by atoms with Crippen molar-refractivity contribution in [1.29, 1.82) is 0 Å². The van der Waals surface area contributed by atoms with E-state index in [1.54, 1.807) is 0 Å². The van der Waals surface area contributed by atoms with E-state index in [1.165, 1.54) is 6.07 Å². The topological polar surface area (TPSA) is 85.1 Å². The van der Waals surface area contributed by atoms with E-state index < -0.39 is 21.8 Å². The normalized spacial score (nSPS) is 11.3. The molecule has 0 aliphatic heterocycles. The summed E-state index contributed by atoms with van der Waals surface area (Å²) in [6.07, 6.45) is 1.02. The molecule has 0 atom stereocenters. The minimum atomic E-state index is -3.98. The van der Waals surface area contributed by atoms with Crippen LogP contribution in [0, 0.1) is 11.8 Å². The van der Waals surface area contributed by atoms with Crippen molar-refractivity contribution in [3.8, 4) is 0 Å². The molecule has 2 aromatic rings. The summed E-state index contributed by atoms with van der Waals surface area (Å²) in [4.78, 5) is 3.04. The molecule has 0 spiro atoms. The van der Waals surface area contributed by atoms with Crippen LogP contribution < -0.4 is 10.5 Å². The van der Waals surface area contributed by atoms with E-state index in [0.29, 0.717) is 0 Å². The van der Waals surface area contributed by atoms with Gasteiger partial charge >= 0.3 is 0 Å². The number of benzene rings is 1. The van der Waals surface area contributed by atoms with Gasteiger partial charge in [-0.3, -0.25) is 4.72 Å². The number of pyridine rings is 1. The van der Waals surface area contributed by atoms with Gasteiger partial charge in [0.15, 0.2) is 0 Å². The van der Waals surface area contributed by atoms with Crippen molar-refractivity contribution < 1.29 is 17.2 Å². The fourth-order valence-electron chi connectivity index (χ4n) is 1.41. The van der Waals surface area contributed by atoms with Crippen LogP contribution in [0.2, 0.25) is 0 Å². The molecule has 0 aliphatic carbocycles. The first-order valence-corrected chi connectivity index (χ1v) is 6.56. The number of aromatic nitrogens is 1. The molecule has 1 aromatic heterocycles. The minimum Gasteiger partial charge on any atom is -0.398 e. The number of nitrogen functional groups attached to an aromatic ring is 1. The number of anilines is 2. The van der Waals surface area contributed by atoms with Crippen LogP contribution in [-0.2, 0) is 10.0 Å². The number of nitrogens with one attached hydrogen (secondary N) is 1. The van der Waals surface area contributed by atoms with Crippen molar-refractivity contribution in [2.45, 2.75) is 4.90 Å². The van der Waals surface area contributed by atoms with Crippen LogP contribution in [-0.4, -0.2) is 13.4 Å². The molecule has 0 radical (unpaired) electrons. The zero-order chi connectivity index (χ0) is 14.0. The number of nitrogens with two attached hydrogens (primary N) is 1. The SMILES string of the molecule is Nc1cc(F)ccc1S(=O)(=O)Nc1ccc(F)nc1. The molecule has 1 aromatic carbocycles. The van der Waals surface area contributed by atoms with Gasteiger partial charge in [0, 0.05) is 0 Å². The van der Waals surface area contributed by atoms with Gasteiger partial charge in [0.05, 0.1) is 17.6 Å². The summed E-state index contributed by atoms with van der Waals surface area (Å²) in [5.74, 6) is -1.37. The second-order valence-corrected chi connectivity index (χ2v) is 5.31. The molecule has 2 rings (SSSR count). The second kappa shape index (κ2) is 4.81. The molecule has 0 saturated heterocycles. The lowest BCUT2D eigenvalue weighted by Crippen LogP contribution is -2.15. The molecule has 0 unspecified atom stereocenters. The first-order valence-electron chi connectivity index (χ1n) is 5.08. The quantitative estimate of drug-likeness (QED) is 0.664. The maximum Gasteiger partial charge on any atom is 0.263 e. The second-order valence-electron chi connectivity index (χ2n) is 3.66. The molecular weight excluding hydrogens is 276 g/mol. The van der Waals surface area contributed by atoms with Gasteiger partial charge in [0.25, 0.3) is 10.0 Å². The summed E-state index contributed by atoms with van der Waals surface area (Å²) in [6, 6.07) is 5.14. The van der Waals surface area contributed by atoms with Crippen LogP contribution in [0.4, 0.5) is 20.2 Å². The van der Waals surface area contributed by atoms with E-state index >= 15 is 0 Å². The van der Waals surface area contributed by atoms with Gasteiger partial charge in [0.2, 0.25) is 5.95 Å². The number of sulfonamides is 1. The highest BCUT2D eigenvalue weighted by atomic mass is 32.2. The molecule has 8 heteroatoms. The fourth-order valence-corrected chi connectivity index (χ4v) is 2.57. The highest BCUT2D eigenvalue weighted by Crippen LogP contribution is 2.21. The number of hydrogen-bond acceptors (Lipinski definition) is 4. The number of rotatable bonds is 3. The Labute approximate surface area is 108 Å². The van der Waals surface area contributed by atoms with Crippen LogP contribution in [0.3, 0.4) is 0 Å². The van der Waals surface area contributed by atoms with Gasteiger partial charge in [-0.1, -0.05) is 0 Å². The highest BCUT2D eigenvalue weighted by molar-refractivity contribution is 7.92. The molecule has 0 fully saturated rings. The van der Waals surface area contributed by atoms with Crippen molar-refractivity contribution in [3.63, 3.8) is 0 Å². The lowest BCUT2D eigenvalue weighted by atomic mass is 10.3.